The summed E-state index contributed by atoms with van der Waals surface area (Å²) in [5.74, 6) is 0.688. The van der Waals surface area contributed by atoms with Gasteiger partial charge in [-0.1, -0.05) is 18.2 Å². The van der Waals surface area contributed by atoms with Crippen LogP contribution in [0.2, 0.25) is 0 Å². The van der Waals surface area contributed by atoms with Crippen molar-refractivity contribution in [3.63, 3.8) is 0 Å². The maximum atomic E-state index is 12.4. The summed E-state index contributed by atoms with van der Waals surface area (Å²) in [7, 11) is 3.57. The minimum Gasteiger partial charge on any atom is -0.497 e. The van der Waals surface area contributed by atoms with Gasteiger partial charge in [0.2, 0.25) is 0 Å². The van der Waals surface area contributed by atoms with E-state index in [0.29, 0.717) is 11.1 Å². The molecule has 2 heterocycles. The number of H-pyrrole nitrogens is 1. The number of aromatic amines is 1. The number of hydrogen-bond donors (Lipinski definition) is 1. The van der Waals surface area contributed by atoms with Crippen LogP contribution in [0.5, 0.6) is 5.75 Å². The highest BCUT2D eigenvalue weighted by atomic mass is 16.5. The van der Waals surface area contributed by atoms with Crippen molar-refractivity contribution in [2.75, 3.05) is 7.11 Å². The van der Waals surface area contributed by atoms with E-state index >= 15 is 0 Å². The summed E-state index contributed by atoms with van der Waals surface area (Å²) in [4.78, 5) is 15.4. The molecule has 0 saturated carbocycles. The molecule has 4 heteroatoms. The molecule has 0 spiro atoms. The van der Waals surface area contributed by atoms with Crippen molar-refractivity contribution in [3.8, 4) is 5.75 Å². The topological polar surface area (TPSA) is 47.0 Å². The molecule has 0 radical (unpaired) electrons. The molecular formula is C17H14N2O2. The fraction of sp³-hybridized carbons (Fsp3) is 0.118. The van der Waals surface area contributed by atoms with Gasteiger partial charge in [-0.2, -0.15) is 0 Å². The Morgan fingerprint density at radius 1 is 1.05 bits per heavy atom. The molecule has 0 aliphatic carbocycles. The number of fused-ring (bicyclic) bond motifs is 5. The number of hydrogen-bond acceptors (Lipinski definition) is 2. The van der Waals surface area contributed by atoms with Crippen molar-refractivity contribution in [3.05, 3.63) is 52.8 Å². The van der Waals surface area contributed by atoms with E-state index in [1.54, 1.807) is 13.2 Å². The summed E-state index contributed by atoms with van der Waals surface area (Å²) in [5, 5.41) is 3.82. The van der Waals surface area contributed by atoms with Gasteiger partial charge in [-0.15, -0.1) is 0 Å². The van der Waals surface area contributed by atoms with Gasteiger partial charge < -0.3 is 14.3 Å². The molecule has 104 valence electrons. The van der Waals surface area contributed by atoms with E-state index in [2.05, 4.69) is 17.1 Å². The van der Waals surface area contributed by atoms with Crippen LogP contribution in [-0.2, 0) is 7.05 Å². The average molecular weight is 278 g/mol. The molecule has 0 fully saturated rings. The van der Waals surface area contributed by atoms with Crippen LogP contribution in [0.1, 0.15) is 0 Å². The molecule has 0 saturated heterocycles. The molecule has 2 aromatic heterocycles. The van der Waals surface area contributed by atoms with E-state index in [-0.39, 0.29) is 5.56 Å². The molecule has 4 rings (SSSR count). The SMILES string of the molecule is COc1ccc2c(c1)c(=O)[nH]c1c2c2ccccc2n1C. The van der Waals surface area contributed by atoms with Crippen molar-refractivity contribution >= 4 is 32.7 Å². The molecule has 0 atom stereocenters. The second-order valence-electron chi connectivity index (χ2n) is 5.17. The molecule has 0 amide bonds. The predicted octanol–water partition coefficient (Wildman–Crippen LogP) is 3.18. The monoisotopic (exact) mass is 278 g/mol. The van der Waals surface area contributed by atoms with E-state index in [4.69, 9.17) is 4.74 Å². The average Bonchev–Trinajstić information content (AvgIpc) is 2.81. The first kappa shape index (κ1) is 12.0. The van der Waals surface area contributed by atoms with E-state index in [1.165, 1.54) is 0 Å². The predicted molar refractivity (Wildman–Crippen MR) is 85.1 cm³/mol. The van der Waals surface area contributed by atoms with Crippen LogP contribution in [0.3, 0.4) is 0 Å². The Balaban J connectivity index is 2.33. The molecule has 21 heavy (non-hydrogen) atoms. The summed E-state index contributed by atoms with van der Waals surface area (Å²) >= 11 is 0. The van der Waals surface area contributed by atoms with Gasteiger partial charge in [0, 0.05) is 17.8 Å². The van der Waals surface area contributed by atoms with Crippen LogP contribution in [0, 0.1) is 0 Å². The number of nitrogens with one attached hydrogen (secondary N) is 1. The Morgan fingerprint density at radius 2 is 1.86 bits per heavy atom. The van der Waals surface area contributed by atoms with E-state index < -0.39 is 0 Å². The van der Waals surface area contributed by atoms with Crippen molar-refractivity contribution in [2.45, 2.75) is 0 Å². The summed E-state index contributed by atoms with van der Waals surface area (Å²) in [6.45, 7) is 0. The normalized spacial score (nSPS) is 11.5. The zero-order valence-electron chi connectivity index (χ0n) is 11.8. The molecule has 4 aromatic rings. The first-order valence-electron chi connectivity index (χ1n) is 6.78. The van der Waals surface area contributed by atoms with Gasteiger partial charge >= 0.3 is 0 Å². The molecule has 0 bridgehead atoms. The van der Waals surface area contributed by atoms with Crippen molar-refractivity contribution in [1.82, 2.24) is 9.55 Å². The molecular weight excluding hydrogens is 264 g/mol. The van der Waals surface area contributed by atoms with Crippen molar-refractivity contribution in [2.24, 2.45) is 7.05 Å². The minimum atomic E-state index is -0.0951. The number of methoxy groups -OCH3 is 1. The Labute approximate surface area is 120 Å². The molecule has 4 nitrogen and oxygen atoms in total. The lowest BCUT2D eigenvalue weighted by Crippen LogP contribution is -2.07. The lowest BCUT2D eigenvalue weighted by molar-refractivity contribution is 0.415. The second kappa shape index (κ2) is 4.12. The largest absolute Gasteiger partial charge is 0.497 e. The Hall–Kier alpha value is -2.75. The Bertz CT molecular complexity index is 1060. The van der Waals surface area contributed by atoms with Gasteiger partial charge in [-0.3, -0.25) is 4.79 Å². The highest BCUT2D eigenvalue weighted by Crippen LogP contribution is 2.32. The van der Waals surface area contributed by atoms with E-state index in [9.17, 15) is 4.79 Å². The highest BCUT2D eigenvalue weighted by Gasteiger charge is 2.13. The third-order valence-electron chi connectivity index (χ3n) is 4.08. The second-order valence-corrected chi connectivity index (χ2v) is 5.17. The first-order chi connectivity index (χ1) is 10.2. The number of nitrogens with zero attached hydrogens (tertiary/aromatic N) is 1. The van der Waals surface area contributed by atoms with Crippen LogP contribution >= 0.6 is 0 Å². The Morgan fingerprint density at radius 3 is 2.67 bits per heavy atom. The number of aromatic nitrogens is 2. The molecule has 2 aromatic carbocycles. The maximum Gasteiger partial charge on any atom is 0.257 e. The fourth-order valence-corrected chi connectivity index (χ4v) is 3.04. The molecule has 1 N–H and O–H groups in total. The minimum absolute atomic E-state index is 0.0951. The van der Waals surface area contributed by atoms with Crippen LogP contribution in [0.15, 0.2) is 47.3 Å². The van der Waals surface area contributed by atoms with Gasteiger partial charge in [0.1, 0.15) is 11.4 Å². The summed E-state index contributed by atoms with van der Waals surface area (Å²) in [6.07, 6.45) is 0. The van der Waals surface area contributed by atoms with Gasteiger partial charge in [0.15, 0.2) is 0 Å². The van der Waals surface area contributed by atoms with Crippen LogP contribution < -0.4 is 10.3 Å². The number of rotatable bonds is 1. The molecule has 0 aliphatic rings. The number of benzene rings is 2. The highest BCUT2D eigenvalue weighted by molar-refractivity contribution is 6.19. The van der Waals surface area contributed by atoms with Gasteiger partial charge in [0.25, 0.3) is 5.56 Å². The van der Waals surface area contributed by atoms with Crippen molar-refractivity contribution in [1.29, 1.82) is 0 Å². The van der Waals surface area contributed by atoms with E-state index in [1.807, 2.05) is 35.9 Å². The summed E-state index contributed by atoms with van der Waals surface area (Å²) in [5.41, 5.74) is 1.85. The van der Waals surface area contributed by atoms with Gasteiger partial charge in [-0.25, -0.2) is 0 Å². The summed E-state index contributed by atoms with van der Waals surface area (Å²) < 4.78 is 7.25. The summed E-state index contributed by atoms with van der Waals surface area (Å²) in [6, 6.07) is 13.8. The van der Waals surface area contributed by atoms with Crippen LogP contribution in [0.25, 0.3) is 32.7 Å². The zero-order valence-corrected chi connectivity index (χ0v) is 11.8. The van der Waals surface area contributed by atoms with Crippen LogP contribution in [0.4, 0.5) is 0 Å². The first-order valence-corrected chi connectivity index (χ1v) is 6.78. The lowest BCUT2D eigenvalue weighted by Gasteiger charge is -2.04. The maximum absolute atomic E-state index is 12.4. The Kier molecular flexibility index (Phi) is 2.36. The fourth-order valence-electron chi connectivity index (χ4n) is 3.04. The number of ether oxygens (including phenoxy) is 1. The quantitative estimate of drug-likeness (QED) is 0.581. The van der Waals surface area contributed by atoms with Crippen LogP contribution in [-0.4, -0.2) is 16.7 Å². The van der Waals surface area contributed by atoms with E-state index in [0.717, 1.165) is 27.3 Å². The third kappa shape index (κ3) is 1.53. The van der Waals surface area contributed by atoms with Gasteiger partial charge in [0.05, 0.1) is 18.0 Å². The number of pyridine rings is 1. The number of para-hydroxylation sites is 1. The molecule has 0 aliphatic heterocycles. The number of aryl methyl sites for hydroxylation is 1. The lowest BCUT2D eigenvalue weighted by atomic mass is 10.1. The third-order valence-corrected chi connectivity index (χ3v) is 4.08. The van der Waals surface area contributed by atoms with Gasteiger partial charge in [-0.05, 0) is 29.7 Å². The standard InChI is InChI=1S/C17H14N2O2/c1-19-14-6-4-3-5-12(14)15-11-8-7-10(21-2)9-13(11)17(20)18-16(15)19/h3-9H,1-2H3,(H,18,20). The smallest absolute Gasteiger partial charge is 0.257 e. The zero-order chi connectivity index (χ0) is 14.6. The molecule has 0 unspecified atom stereocenters. The van der Waals surface area contributed by atoms with Crippen molar-refractivity contribution < 1.29 is 4.74 Å².